The molecule has 5 saturated heterocycles. The summed E-state index contributed by atoms with van der Waals surface area (Å²) in [7, 11) is 0. The van der Waals surface area contributed by atoms with Crippen molar-refractivity contribution in [3.05, 3.63) is 0 Å². The van der Waals surface area contributed by atoms with E-state index in [9.17, 15) is 14.4 Å². The van der Waals surface area contributed by atoms with Gasteiger partial charge in [0.1, 0.15) is 6.04 Å². The summed E-state index contributed by atoms with van der Waals surface area (Å²) in [5.74, 6) is -1.16. The predicted octanol–water partition coefficient (Wildman–Crippen LogP) is 0.312. The molecule has 1 N–H and O–H groups in total. The number of halogens is 1. The topological polar surface area (TPSA) is 79.0 Å². The summed E-state index contributed by atoms with van der Waals surface area (Å²) >= 11 is 0. The normalized spacial score (nSPS) is 41.9. The maximum atomic E-state index is 13.2. The minimum absolute atomic E-state index is 0. The van der Waals surface area contributed by atoms with Gasteiger partial charge in [-0.25, -0.2) is 0 Å². The molecular formula is C18H26ClN3O4. The number of nitrogens with one attached hydrogen (secondary N) is 1. The Balaban J connectivity index is 0.00000168. The van der Waals surface area contributed by atoms with Crippen molar-refractivity contribution in [3.8, 4) is 0 Å². The zero-order chi connectivity index (χ0) is 17.3. The van der Waals surface area contributed by atoms with Crippen LogP contribution in [0.4, 0.5) is 0 Å². The molecule has 4 bridgehead atoms. The second-order valence-corrected chi connectivity index (χ2v) is 8.19. The van der Waals surface area contributed by atoms with E-state index in [1.54, 1.807) is 6.92 Å². The zero-order valence-corrected chi connectivity index (χ0v) is 15.7. The molecule has 7 atom stereocenters. The maximum Gasteiger partial charge on any atom is 0.246 e. The van der Waals surface area contributed by atoms with Gasteiger partial charge in [-0.15, -0.1) is 12.4 Å². The standard InChI is InChI=1S/C18H25N3O4.ClH/c1-9(16(22)21-10-2-3-11(21)8-19-7-6-10)20-17(23)14-12-4-5-13(25-12)15(14)18(20)24;/h9-15,19H,2-8H2,1H3;1H. The summed E-state index contributed by atoms with van der Waals surface area (Å²) in [4.78, 5) is 42.2. The van der Waals surface area contributed by atoms with E-state index in [2.05, 4.69) is 5.32 Å². The molecule has 26 heavy (non-hydrogen) atoms. The van der Waals surface area contributed by atoms with Crippen molar-refractivity contribution in [2.75, 3.05) is 13.1 Å². The fourth-order valence-corrected chi connectivity index (χ4v) is 5.79. The molecule has 0 aromatic rings. The molecule has 7 nitrogen and oxygen atoms in total. The Morgan fingerprint density at radius 3 is 2.31 bits per heavy atom. The van der Waals surface area contributed by atoms with Crippen molar-refractivity contribution in [2.45, 2.75) is 69.4 Å². The third-order valence-corrected chi connectivity index (χ3v) is 6.97. The van der Waals surface area contributed by atoms with E-state index in [-0.39, 0.29) is 66.3 Å². The van der Waals surface area contributed by atoms with Gasteiger partial charge in [-0.3, -0.25) is 19.3 Å². The minimum Gasteiger partial charge on any atom is -0.373 e. The van der Waals surface area contributed by atoms with Crippen LogP contribution in [-0.4, -0.2) is 70.9 Å². The smallest absolute Gasteiger partial charge is 0.246 e. The Morgan fingerprint density at radius 2 is 1.65 bits per heavy atom. The fourth-order valence-electron chi connectivity index (χ4n) is 5.79. The van der Waals surface area contributed by atoms with Crippen LogP contribution in [0.3, 0.4) is 0 Å². The molecule has 5 aliphatic rings. The van der Waals surface area contributed by atoms with Crippen LogP contribution in [0.2, 0.25) is 0 Å². The van der Waals surface area contributed by atoms with E-state index in [0.717, 1.165) is 45.2 Å². The van der Waals surface area contributed by atoms with E-state index < -0.39 is 6.04 Å². The lowest BCUT2D eigenvalue weighted by atomic mass is 9.81. The molecule has 3 amide bonds. The third-order valence-electron chi connectivity index (χ3n) is 6.97. The Bertz CT molecular complexity index is 602. The molecule has 5 rings (SSSR count). The van der Waals surface area contributed by atoms with Gasteiger partial charge < -0.3 is 15.0 Å². The van der Waals surface area contributed by atoms with Crippen LogP contribution in [0.5, 0.6) is 0 Å². The number of hydrogen-bond acceptors (Lipinski definition) is 5. The molecule has 0 radical (unpaired) electrons. The molecule has 0 saturated carbocycles. The fraction of sp³-hybridized carbons (Fsp3) is 0.833. The number of carbonyl (C=O) groups is 3. The van der Waals surface area contributed by atoms with Crippen molar-refractivity contribution in [3.63, 3.8) is 0 Å². The van der Waals surface area contributed by atoms with Gasteiger partial charge in [0.05, 0.1) is 24.0 Å². The van der Waals surface area contributed by atoms with E-state index in [4.69, 9.17) is 4.74 Å². The van der Waals surface area contributed by atoms with E-state index in [1.807, 2.05) is 4.90 Å². The van der Waals surface area contributed by atoms with Crippen LogP contribution in [0.15, 0.2) is 0 Å². The number of carbonyl (C=O) groups excluding carboxylic acids is 3. The highest BCUT2D eigenvalue weighted by atomic mass is 35.5. The van der Waals surface area contributed by atoms with Gasteiger partial charge in [0.25, 0.3) is 0 Å². The average Bonchev–Trinajstić information content (AvgIpc) is 3.29. The van der Waals surface area contributed by atoms with Crippen LogP contribution in [0.25, 0.3) is 0 Å². The number of hydrogen-bond donors (Lipinski definition) is 1. The van der Waals surface area contributed by atoms with Crippen LogP contribution in [-0.2, 0) is 19.1 Å². The van der Waals surface area contributed by atoms with Crippen LogP contribution in [0.1, 0.15) is 39.0 Å². The van der Waals surface area contributed by atoms with Gasteiger partial charge in [-0.1, -0.05) is 0 Å². The number of nitrogens with zero attached hydrogens (tertiary/aromatic N) is 2. The Labute approximate surface area is 159 Å². The number of amides is 3. The zero-order valence-electron chi connectivity index (χ0n) is 14.9. The van der Waals surface area contributed by atoms with Crippen molar-refractivity contribution in [1.29, 1.82) is 0 Å². The summed E-state index contributed by atoms with van der Waals surface area (Å²) in [5, 5.41) is 3.38. The molecule has 5 fully saturated rings. The SMILES string of the molecule is CC(C(=O)N1C2CCNCC1CC2)N1C(=O)C2C3CCC(O3)C2C1=O.Cl. The second kappa shape index (κ2) is 6.46. The first kappa shape index (κ1) is 18.2. The third kappa shape index (κ3) is 2.36. The van der Waals surface area contributed by atoms with Gasteiger partial charge in [0, 0.05) is 18.6 Å². The lowest BCUT2D eigenvalue weighted by molar-refractivity contribution is -0.154. The molecule has 5 aliphatic heterocycles. The Morgan fingerprint density at radius 1 is 1.04 bits per heavy atom. The number of imide groups is 1. The van der Waals surface area contributed by atoms with Gasteiger partial charge >= 0.3 is 0 Å². The first-order chi connectivity index (χ1) is 12.1. The van der Waals surface area contributed by atoms with Gasteiger partial charge in [0.15, 0.2) is 0 Å². The molecule has 0 aromatic carbocycles. The van der Waals surface area contributed by atoms with Crippen molar-refractivity contribution >= 4 is 30.1 Å². The van der Waals surface area contributed by atoms with Crippen molar-refractivity contribution in [1.82, 2.24) is 15.1 Å². The predicted molar refractivity (Wildman–Crippen MR) is 94.6 cm³/mol. The average molecular weight is 384 g/mol. The summed E-state index contributed by atoms with van der Waals surface area (Å²) < 4.78 is 5.77. The lowest BCUT2D eigenvalue weighted by Crippen LogP contribution is -2.54. The first-order valence-corrected chi connectivity index (χ1v) is 9.63. The Kier molecular flexibility index (Phi) is 4.52. The molecule has 5 heterocycles. The number of fused-ring (bicyclic) bond motifs is 7. The van der Waals surface area contributed by atoms with Crippen LogP contribution >= 0.6 is 12.4 Å². The van der Waals surface area contributed by atoms with E-state index in [1.165, 1.54) is 4.90 Å². The first-order valence-electron chi connectivity index (χ1n) is 9.63. The van der Waals surface area contributed by atoms with Gasteiger partial charge in [-0.2, -0.15) is 0 Å². The van der Waals surface area contributed by atoms with Crippen LogP contribution in [0, 0.1) is 11.8 Å². The number of ether oxygens (including phenoxy) is 1. The number of likely N-dealkylation sites (tertiary alicyclic amines) is 1. The van der Waals surface area contributed by atoms with Crippen LogP contribution < -0.4 is 5.32 Å². The summed E-state index contributed by atoms with van der Waals surface area (Å²) in [5.41, 5.74) is 0. The molecule has 0 spiro atoms. The summed E-state index contributed by atoms with van der Waals surface area (Å²) in [6.07, 6.45) is 4.41. The molecule has 7 unspecified atom stereocenters. The molecule has 0 aromatic heterocycles. The molecular weight excluding hydrogens is 358 g/mol. The molecule has 144 valence electrons. The largest absolute Gasteiger partial charge is 0.373 e. The maximum absolute atomic E-state index is 13.2. The molecule has 8 heteroatoms. The van der Waals surface area contributed by atoms with Gasteiger partial charge in [0.2, 0.25) is 17.7 Å². The number of rotatable bonds is 2. The monoisotopic (exact) mass is 383 g/mol. The minimum atomic E-state index is -0.703. The summed E-state index contributed by atoms with van der Waals surface area (Å²) in [6, 6.07) is -0.276. The second-order valence-electron chi connectivity index (χ2n) is 8.19. The summed E-state index contributed by atoms with van der Waals surface area (Å²) in [6.45, 7) is 3.45. The highest BCUT2D eigenvalue weighted by Gasteiger charge is 2.63. The lowest BCUT2D eigenvalue weighted by Gasteiger charge is -2.33. The molecule has 0 aliphatic carbocycles. The van der Waals surface area contributed by atoms with Crippen molar-refractivity contribution < 1.29 is 19.1 Å². The van der Waals surface area contributed by atoms with Gasteiger partial charge in [-0.05, 0) is 45.6 Å². The van der Waals surface area contributed by atoms with E-state index in [0.29, 0.717) is 0 Å². The van der Waals surface area contributed by atoms with Crippen molar-refractivity contribution in [2.24, 2.45) is 11.8 Å². The quantitative estimate of drug-likeness (QED) is 0.694. The highest BCUT2D eigenvalue weighted by molar-refractivity contribution is 6.09. The Hall–Kier alpha value is -1.18. The highest BCUT2D eigenvalue weighted by Crippen LogP contribution is 2.49. The van der Waals surface area contributed by atoms with E-state index >= 15 is 0 Å².